The second-order valence-electron chi connectivity index (χ2n) is 21.5. The van der Waals surface area contributed by atoms with Crippen molar-refractivity contribution in [1.82, 2.24) is 9.62 Å². The number of Topliss-reactive ketones (excluding diaryl/α,β-unsaturated/α-hetero) is 3. The first-order valence-electron chi connectivity index (χ1n) is 26.6. The third kappa shape index (κ3) is 17.8. The average Bonchev–Trinajstić information content (AvgIpc) is 3.34. The molecule has 4 N–H and O–H groups in total. The molecule has 14 atom stereocenters. The molecule has 17 nitrogen and oxygen atoms in total. The van der Waals surface area contributed by atoms with Crippen LogP contribution in [0.4, 0.5) is 0 Å². The van der Waals surface area contributed by atoms with Crippen LogP contribution < -0.4 is 4.72 Å². The number of carbonyl (C=O) groups is 5. The van der Waals surface area contributed by atoms with Gasteiger partial charge in [0.05, 0.1) is 24.1 Å². The van der Waals surface area contributed by atoms with Crippen LogP contribution in [-0.4, -0.2) is 153 Å². The molecular formula is C55H88N2O15S. The van der Waals surface area contributed by atoms with Gasteiger partial charge in [-0.1, -0.05) is 76.1 Å². The predicted molar refractivity (Wildman–Crippen MR) is 276 cm³/mol. The number of nitrogens with zero attached hydrogens (tertiary/aromatic N) is 1. The molecule has 2 aliphatic heterocycles. The van der Waals surface area contributed by atoms with Crippen LogP contribution in [0.25, 0.3) is 0 Å². The minimum absolute atomic E-state index is 0.0000414. The summed E-state index contributed by atoms with van der Waals surface area (Å²) in [7, 11) is 0.366. The third-order valence-corrected chi connectivity index (χ3v) is 17.3. The molecule has 4 aliphatic rings. The molecule has 3 fully saturated rings. The smallest absolute Gasteiger partial charge is 0.328 e. The monoisotopic (exact) mass is 1050 g/mol. The normalized spacial score (nSPS) is 36.8. The zero-order valence-corrected chi connectivity index (χ0v) is 46.0. The Labute approximate surface area is 434 Å². The molecule has 1 saturated heterocycles. The number of hydrogen-bond acceptors (Lipinski definition) is 15. The topological polar surface area (TPSA) is 242 Å². The third-order valence-electron chi connectivity index (χ3n) is 15.8. The van der Waals surface area contributed by atoms with E-state index in [2.05, 4.69) is 4.72 Å². The van der Waals surface area contributed by atoms with Gasteiger partial charge >= 0.3 is 5.97 Å². The van der Waals surface area contributed by atoms with E-state index in [4.69, 9.17) is 23.7 Å². The molecule has 73 heavy (non-hydrogen) atoms. The summed E-state index contributed by atoms with van der Waals surface area (Å²) in [5.41, 5.74) is 0.936. The summed E-state index contributed by atoms with van der Waals surface area (Å²) in [6, 6.07) is -2.23. The molecule has 0 radical (unpaired) electrons. The van der Waals surface area contributed by atoms with Crippen LogP contribution in [0.15, 0.2) is 47.6 Å². The lowest BCUT2D eigenvalue weighted by molar-refractivity contribution is -0.263. The van der Waals surface area contributed by atoms with Crippen molar-refractivity contribution in [1.29, 1.82) is 0 Å². The van der Waals surface area contributed by atoms with E-state index < -0.39 is 87.7 Å². The van der Waals surface area contributed by atoms with Gasteiger partial charge in [-0.25, -0.2) is 17.9 Å². The quantitative estimate of drug-likeness (QED) is 0.0957. The molecule has 2 bridgehead atoms. The van der Waals surface area contributed by atoms with E-state index in [1.54, 1.807) is 72.1 Å². The molecule has 0 aromatic carbocycles. The number of aliphatic hydroxyl groups is 3. The molecule has 0 spiro atoms. The molecule has 2 heterocycles. The summed E-state index contributed by atoms with van der Waals surface area (Å²) >= 11 is 0. The molecule has 2 saturated carbocycles. The number of allylic oxidation sites excluding steroid dienone is 6. The number of cyclic esters (lactones) is 1. The van der Waals surface area contributed by atoms with Crippen LogP contribution in [-0.2, 0) is 57.7 Å². The van der Waals surface area contributed by atoms with Crippen molar-refractivity contribution in [3.63, 3.8) is 0 Å². The summed E-state index contributed by atoms with van der Waals surface area (Å²) in [5, 5.41) is 32.7. The number of nitrogens with one attached hydrogen (secondary N) is 1. The maximum atomic E-state index is 14.2. The van der Waals surface area contributed by atoms with Crippen molar-refractivity contribution in [2.45, 2.75) is 193 Å². The Morgan fingerprint density at radius 3 is 2.25 bits per heavy atom. The number of esters is 1. The van der Waals surface area contributed by atoms with Gasteiger partial charge in [-0.15, -0.1) is 0 Å². The zero-order valence-electron chi connectivity index (χ0n) is 45.2. The van der Waals surface area contributed by atoms with Gasteiger partial charge in [0.15, 0.2) is 5.78 Å². The Bertz CT molecular complexity index is 2090. The van der Waals surface area contributed by atoms with Gasteiger partial charge in [0.25, 0.3) is 11.7 Å². The Morgan fingerprint density at radius 2 is 1.60 bits per heavy atom. The van der Waals surface area contributed by atoms with Gasteiger partial charge in [-0.05, 0) is 121 Å². The number of hydrogen-bond donors (Lipinski definition) is 4. The first kappa shape index (κ1) is 62.1. The lowest BCUT2D eigenvalue weighted by Gasteiger charge is -2.42. The summed E-state index contributed by atoms with van der Waals surface area (Å²) in [4.78, 5) is 71.1. The summed E-state index contributed by atoms with van der Waals surface area (Å²) in [6.45, 7) is 12.0. The predicted octanol–water partition coefficient (Wildman–Crippen LogP) is 5.88. The van der Waals surface area contributed by atoms with Crippen LogP contribution in [0, 0.1) is 35.5 Å². The number of ether oxygens (including phenoxy) is 5. The van der Waals surface area contributed by atoms with Gasteiger partial charge in [-0.3, -0.25) is 19.2 Å². The van der Waals surface area contributed by atoms with Crippen molar-refractivity contribution < 1.29 is 71.4 Å². The van der Waals surface area contributed by atoms with E-state index in [1.807, 2.05) is 13.0 Å². The molecule has 414 valence electrons. The Hall–Kier alpha value is -3.46. The number of aliphatic hydroxyl groups excluding tert-OH is 2. The molecule has 18 heteroatoms. The highest BCUT2D eigenvalue weighted by Gasteiger charge is 2.52. The molecule has 7 unspecified atom stereocenters. The standard InChI is InChI=1S/C55H88N2O15S/c1-34-18-14-12-11-13-15-19-35(2)49(60)51(69-10)50(61)38(5)28-36(3)45(59)32-47(37(4)29-42-23-25-46(48(30-42)68-9)70-33-41-20-16-21-41)71-54(64)40(7)57(8)53(63)52(62)55(65)39(6)22-24-43(72-55)31-44(34)56-73(66,67)27-17-26-58/h11-14,18,28,35-37,39-44,46-48,50-51,56,58,61,65H,15-17,19-27,29-33H2,1-10H3/b13-11+,14-12+,34-18+,38-28+/t35?,36?,37-,39+,40?,42+,43-,44?,46-,47?,48-,50?,51?,55+/m1/s1. The SMILES string of the molecule is COC1C(=O)C(C)CC/C=C/C=C/C=C(\C)C(NS(=O)(=O)CCCO)C[C@H]2CC[C@H](C)[C@](O)(O2)C(=O)C(=O)N(C)C(C)C(=O)OC([C@H](C)C[C@@H]2CC[C@@H](OCC3CCC3)[C@H](OC)C2)CC(=O)C(C)/C=C(\C)C1O. The number of sulfonamides is 1. The summed E-state index contributed by atoms with van der Waals surface area (Å²) < 4.78 is 59.1. The summed E-state index contributed by atoms with van der Waals surface area (Å²) in [6.07, 6.45) is 13.7. The maximum absolute atomic E-state index is 14.2. The lowest BCUT2D eigenvalue weighted by Crippen LogP contribution is -2.59. The number of amides is 1. The fourth-order valence-electron chi connectivity index (χ4n) is 10.3. The van der Waals surface area contributed by atoms with E-state index >= 15 is 0 Å². The highest BCUT2D eigenvalue weighted by atomic mass is 32.2. The van der Waals surface area contributed by atoms with Gasteiger partial charge in [0.2, 0.25) is 15.8 Å². The van der Waals surface area contributed by atoms with Crippen molar-refractivity contribution in [3.8, 4) is 0 Å². The number of methoxy groups -OCH3 is 2. The zero-order chi connectivity index (χ0) is 54.2. The molecule has 1 amide bonds. The molecule has 2 aliphatic carbocycles. The van der Waals surface area contributed by atoms with Gasteiger partial charge in [0.1, 0.15) is 30.1 Å². The Kier molecular flexibility index (Phi) is 24.8. The number of ketones is 3. The average molecular weight is 1050 g/mol. The number of fused-ring (bicyclic) bond motifs is 2. The van der Waals surface area contributed by atoms with Crippen LogP contribution in [0.3, 0.4) is 0 Å². The second-order valence-corrected chi connectivity index (χ2v) is 23.4. The van der Waals surface area contributed by atoms with Gasteiger partial charge < -0.3 is 43.9 Å². The minimum atomic E-state index is -3.91. The number of likely N-dealkylation sites (N-methyl/N-ethyl adjacent to an activating group) is 1. The number of rotatable bonds is 13. The van der Waals surface area contributed by atoms with Crippen LogP contribution in [0.1, 0.15) is 138 Å². The fraction of sp³-hybridized carbons (Fsp3) is 0.764. The second kappa shape index (κ2) is 29.2. The van der Waals surface area contributed by atoms with E-state index in [9.17, 15) is 47.7 Å². The van der Waals surface area contributed by atoms with Crippen molar-refractivity contribution >= 4 is 39.2 Å². The van der Waals surface area contributed by atoms with Crippen LogP contribution in [0.2, 0.25) is 0 Å². The molecular weight excluding hydrogens is 961 g/mol. The van der Waals surface area contributed by atoms with Crippen molar-refractivity contribution in [2.24, 2.45) is 35.5 Å². The number of carbonyl (C=O) groups excluding carboxylic acids is 5. The Morgan fingerprint density at radius 1 is 0.890 bits per heavy atom. The largest absolute Gasteiger partial charge is 0.460 e. The van der Waals surface area contributed by atoms with E-state index in [0.29, 0.717) is 49.2 Å². The first-order chi connectivity index (χ1) is 34.5. The summed E-state index contributed by atoms with van der Waals surface area (Å²) in [5.74, 6) is -8.68. The Balaban J connectivity index is 1.66. The fourth-order valence-corrected chi connectivity index (χ4v) is 11.6. The first-order valence-corrected chi connectivity index (χ1v) is 28.2. The molecule has 4 rings (SSSR count). The minimum Gasteiger partial charge on any atom is -0.460 e. The van der Waals surface area contributed by atoms with Crippen LogP contribution in [0.5, 0.6) is 0 Å². The highest BCUT2D eigenvalue weighted by Crippen LogP contribution is 2.38. The van der Waals surface area contributed by atoms with E-state index in [0.717, 1.165) is 24.3 Å². The van der Waals surface area contributed by atoms with Crippen LogP contribution >= 0.6 is 0 Å². The maximum Gasteiger partial charge on any atom is 0.328 e. The lowest BCUT2D eigenvalue weighted by atomic mass is 9.78. The molecule has 0 aromatic rings. The van der Waals surface area contributed by atoms with Gasteiger partial charge in [-0.2, -0.15) is 0 Å². The van der Waals surface area contributed by atoms with E-state index in [1.165, 1.54) is 40.3 Å². The van der Waals surface area contributed by atoms with Gasteiger partial charge in [0, 0.05) is 64.7 Å². The molecule has 0 aromatic heterocycles. The van der Waals surface area contributed by atoms with E-state index in [-0.39, 0.29) is 73.7 Å². The highest BCUT2D eigenvalue weighted by molar-refractivity contribution is 7.89. The van der Waals surface area contributed by atoms with Crippen molar-refractivity contribution in [3.05, 3.63) is 47.6 Å². The van der Waals surface area contributed by atoms with Crippen molar-refractivity contribution in [2.75, 3.05) is 40.2 Å².